The molecule has 4 aromatic rings. The number of piperidine rings is 1. The summed E-state index contributed by atoms with van der Waals surface area (Å²) < 4.78 is 62.2. The Morgan fingerprint density at radius 1 is 1.00 bits per heavy atom. The average molecular weight is 723 g/mol. The number of aryl methyl sites for hydroxylation is 1. The molecule has 2 aromatic heterocycles. The average Bonchev–Trinajstić information content (AvgIpc) is 3.88. The highest BCUT2D eigenvalue weighted by molar-refractivity contribution is 6.74. The molecule has 2 aliphatic rings. The Kier molecular flexibility index (Phi) is 10.4. The van der Waals surface area contributed by atoms with Crippen molar-refractivity contribution in [2.45, 2.75) is 90.5 Å². The van der Waals surface area contributed by atoms with Gasteiger partial charge in [-0.05, 0) is 91.7 Å². The number of fused-ring (bicyclic) bond motifs is 2. The van der Waals surface area contributed by atoms with Gasteiger partial charge in [-0.2, -0.15) is 9.97 Å². The van der Waals surface area contributed by atoms with Crippen LogP contribution in [0.3, 0.4) is 0 Å². The molecule has 3 heterocycles. The molecular weight excluding hydrogens is 671 g/mol. The van der Waals surface area contributed by atoms with Gasteiger partial charge in [-0.15, -0.1) is 0 Å². The van der Waals surface area contributed by atoms with Crippen LogP contribution in [0.15, 0.2) is 30.5 Å². The highest BCUT2D eigenvalue weighted by atomic mass is 28.4. The van der Waals surface area contributed by atoms with Crippen LogP contribution in [-0.4, -0.2) is 76.2 Å². The van der Waals surface area contributed by atoms with E-state index in [4.69, 9.17) is 33.3 Å². The van der Waals surface area contributed by atoms with Gasteiger partial charge in [0.05, 0.1) is 17.6 Å². The van der Waals surface area contributed by atoms with Crippen molar-refractivity contribution in [2.75, 3.05) is 52.2 Å². The van der Waals surface area contributed by atoms with Gasteiger partial charge in [0.1, 0.15) is 28.6 Å². The second-order valence-corrected chi connectivity index (χ2v) is 20.8. The van der Waals surface area contributed by atoms with E-state index < -0.39 is 19.7 Å². The van der Waals surface area contributed by atoms with Crippen LogP contribution in [0, 0.1) is 17.0 Å². The molecular formula is C39H52F2N4O5Si. The van der Waals surface area contributed by atoms with Crippen molar-refractivity contribution in [3.8, 4) is 23.0 Å². The Labute approximate surface area is 301 Å². The standard InChI is InChI=1S/C39H52F2N4O5Si/c1-10-27-30(40)13-12-25-18-26(49-24-46-6)19-28(31(25)27)33-32(41)34-29(20-42-33)35(45-17-11-14-38(5,21-45)47-7)44-36(43-34)48-22-39(15-16-39)23-50-51(8,9)37(2,3)4/h12-13,18-20H,10-11,14-17,21-24H2,1-9H3/t38-/m1/s1. The molecule has 0 N–H and O–H groups in total. The van der Waals surface area contributed by atoms with Crippen LogP contribution >= 0.6 is 0 Å². The second-order valence-electron chi connectivity index (χ2n) is 16.0. The van der Waals surface area contributed by atoms with E-state index in [-0.39, 0.29) is 40.3 Å². The van der Waals surface area contributed by atoms with Gasteiger partial charge < -0.3 is 28.3 Å². The number of hydrogen-bond donors (Lipinski definition) is 0. The Morgan fingerprint density at radius 3 is 2.43 bits per heavy atom. The zero-order valence-corrected chi connectivity index (χ0v) is 32.5. The lowest BCUT2D eigenvalue weighted by atomic mass is 9.94. The zero-order valence-electron chi connectivity index (χ0n) is 31.5. The predicted molar refractivity (Wildman–Crippen MR) is 199 cm³/mol. The number of rotatable bonds is 13. The second kappa shape index (κ2) is 14.2. The molecule has 51 heavy (non-hydrogen) atoms. The lowest BCUT2D eigenvalue weighted by Gasteiger charge is -2.40. The minimum atomic E-state index is -1.96. The maximum atomic E-state index is 17.2. The number of aromatic nitrogens is 3. The summed E-state index contributed by atoms with van der Waals surface area (Å²) in [6.07, 6.45) is 5.74. The third kappa shape index (κ3) is 7.56. The van der Waals surface area contributed by atoms with E-state index in [2.05, 4.69) is 50.7 Å². The summed E-state index contributed by atoms with van der Waals surface area (Å²) in [7, 11) is 1.28. The molecule has 2 aromatic carbocycles. The van der Waals surface area contributed by atoms with Gasteiger partial charge in [0.2, 0.25) is 0 Å². The van der Waals surface area contributed by atoms with Crippen LogP contribution < -0.4 is 14.4 Å². The summed E-state index contributed by atoms with van der Waals surface area (Å²) in [4.78, 5) is 16.4. The fraction of sp³-hybridized carbons (Fsp3) is 0.564. The van der Waals surface area contributed by atoms with Crippen molar-refractivity contribution in [2.24, 2.45) is 5.41 Å². The van der Waals surface area contributed by atoms with E-state index in [1.54, 1.807) is 31.5 Å². The smallest absolute Gasteiger partial charge is 0.319 e. The van der Waals surface area contributed by atoms with Crippen LogP contribution in [0.1, 0.15) is 65.9 Å². The van der Waals surface area contributed by atoms with E-state index in [1.165, 1.54) is 13.2 Å². The highest BCUT2D eigenvalue weighted by Crippen LogP contribution is 2.48. The number of pyridine rings is 1. The first kappa shape index (κ1) is 37.3. The number of hydrogen-bond acceptors (Lipinski definition) is 9. The Balaban J connectivity index is 1.45. The van der Waals surface area contributed by atoms with Crippen molar-refractivity contribution in [3.05, 3.63) is 47.7 Å². The van der Waals surface area contributed by atoms with Crippen molar-refractivity contribution in [3.63, 3.8) is 0 Å². The normalized spacial score (nSPS) is 19.2. The number of halogens is 2. The SMILES string of the molecule is CCc1c(F)ccc2cc(OCOC)cc(-c3ncc4c(N5CCC[C@@](C)(OC)C5)nc(OCC5(CO[Si](C)(C)C(C)(C)C)CC5)nc4c3F)c12. The molecule has 0 unspecified atom stereocenters. The number of ether oxygens (including phenoxy) is 4. The first-order chi connectivity index (χ1) is 24.1. The summed E-state index contributed by atoms with van der Waals surface area (Å²) in [6, 6.07) is 6.68. The molecule has 0 amide bonds. The van der Waals surface area contributed by atoms with E-state index in [0.717, 1.165) is 25.7 Å². The number of benzene rings is 2. The van der Waals surface area contributed by atoms with Crippen LogP contribution in [0.5, 0.6) is 11.8 Å². The molecule has 1 saturated carbocycles. The largest absolute Gasteiger partial charge is 0.468 e. The minimum absolute atomic E-state index is 0.00363. The summed E-state index contributed by atoms with van der Waals surface area (Å²) in [5.74, 6) is -0.0216. The summed E-state index contributed by atoms with van der Waals surface area (Å²) in [6.45, 7) is 17.4. The van der Waals surface area contributed by atoms with Gasteiger partial charge in [-0.3, -0.25) is 4.98 Å². The molecule has 6 rings (SSSR count). The molecule has 9 nitrogen and oxygen atoms in total. The number of nitrogens with zero attached hydrogens (tertiary/aromatic N) is 4. The van der Waals surface area contributed by atoms with Gasteiger partial charge in [0.25, 0.3) is 0 Å². The summed E-state index contributed by atoms with van der Waals surface area (Å²) >= 11 is 0. The fourth-order valence-electron chi connectivity index (χ4n) is 6.57. The van der Waals surface area contributed by atoms with Gasteiger partial charge in [0.15, 0.2) is 20.9 Å². The van der Waals surface area contributed by atoms with Gasteiger partial charge in [0, 0.05) is 51.1 Å². The molecule has 1 aliphatic heterocycles. The molecule has 0 spiro atoms. The predicted octanol–water partition coefficient (Wildman–Crippen LogP) is 8.85. The molecule has 12 heteroatoms. The maximum Gasteiger partial charge on any atom is 0.319 e. The summed E-state index contributed by atoms with van der Waals surface area (Å²) in [5, 5.41) is 1.83. The lowest BCUT2D eigenvalue weighted by molar-refractivity contribution is -0.00479. The Morgan fingerprint density at radius 2 is 1.76 bits per heavy atom. The fourth-order valence-corrected chi connectivity index (χ4v) is 7.67. The van der Waals surface area contributed by atoms with Crippen LogP contribution in [0.25, 0.3) is 32.9 Å². The molecule has 0 radical (unpaired) electrons. The van der Waals surface area contributed by atoms with Crippen LogP contribution in [-0.2, 0) is 20.3 Å². The first-order valence-corrected chi connectivity index (χ1v) is 20.8. The van der Waals surface area contributed by atoms with Crippen molar-refractivity contribution >= 4 is 35.8 Å². The van der Waals surface area contributed by atoms with Crippen LogP contribution in [0.4, 0.5) is 14.6 Å². The van der Waals surface area contributed by atoms with E-state index in [0.29, 0.717) is 71.6 Å². The van der Waals surface area contributed by atoms with Crippen molar-refractivity contribution in [1.82, 2.24) is 15.0 Å². The van der Waals surface area contributed by atoms with Crippen LogP contribution in [0.2, 0.25) is 18.1 Å². The van der Waals surface area contributed by atoms with Gasteiger partial charge >= 0.3 is 6.01 Å². The Hall–Kier alpha value is -3.45. The minimum Gasteiger partial charge on any atom is -0.468 e. The quantitative estimate of drug-likeness (QED) is 0.0992. The third-order valence-corrected chi connectivity index (χ3v) is 15.7. The summed E-state index contributed by atoms with van der Waals surface area (Å²) in [5.41, 5.74) is 0.464. The van der Waals surface area contributed by atoms with Crippen molar-refractivity contribution < 1.29 is 32.2 Å². The van der Waals surface area contributed by atoms with E-state index >= 15 is 8.78 Å². The van der Waals surface area contributed by atoms with Gasteiger partial charge in [-0.1, -0.05) is 33.8 Å². The van der Waals surface area contributed by atoms with E-state index in [9.17, 15) is 0 Å². The Bertz CT molecular complexity index is 1920. The topological polar surface area (TPSA) is 88.1 Å². The first-order valence-electron chi connectivity index (χ1n) is 17.9. The molecule has 1 atom stereocenters. The zero-order chi connectivity index (χ0) is 36.8. The molecule has 0 bridgehead atoms. The number of anilines is 1. The molecule has 276 valence electrons. The van der Waals surface area contributed by atoms with Gasteiger partial charge in [-0.25, -0.2) is 8.78 Å². The lowest BCUT2D eigenvalue weighted by Crippen LogP contribution is -2.47. The molecule has 2 fully saturated rings. The maximum absolute atomic E-state index is 17.2. The van der Waals surface area contributed by atoms with Crippen molar-refractivity contribution in [1.29, 1.82) is 0 Å². The monoisotopic (exact) mass is 722 g/mol. The highest BCUT2D eigenvalue weighted by Gasteiger charge is 2.47. The van der Waals surface area contributed by atoms with E-state index in [1.807, 2.05) is 6.92 Å². The molecule has 1 saturated heterocycles. The number of methoxy groups -OCH3 is 2. The third-order valence-electron chi connectivity index (χ3n) is 11.2. The molecule has 1 aliphatic carbocycles.